The van der Waals surface area contributed by atoms with E-state index in [1.807, 2.05) is 24.3 Å². The number of phenols is 3. The molecule has 0 aliphatic heterocycles. The summed E-state index contributed by atoms with van der Waals surface area (Å²) in [4.78, 5) is 25.5. The summed E-state index contributed by atoms with van der Waals surface area (Å²) >= 11 is 0. The van der Waals surface area contributed by atoms with Crippen LogP contribution in [0.4, 0.5) is 0 Å². The fourth-order valence-electron chi connectivity index (χ4n) is 3.95. The third-order valence-corrected chi connectivity index (χ3v) is 5.85. The van der Waals surface area contributed by atoms with Gasteiger partial charge in [-0.15, -0.1) is 0 Å². The predicted molar refractivity (Wildman–Crippen MR) is 134 cm³/mol. The van der Waals surface area contributed by atoms with Crippen LogP contribution in [0.5, 0.6) is 28.7 Å². The van der Waals surface area contributed by atoms with Crippen molar-refractivity contribution in [1.29, 1.82) is 0 Å². The Morgan fingerprint density at radius 3 is 2.28 bits per heavy atom. The molecular weight excluding hydrogens is 464 g/mol. The van der Waals surface area contributed by atoms with Gasteiger partial charge in [0.1, 0.15) is 22.5 Å². The largest absolute Gasteiger partial charge is 0.508 e. The van der Waals surface area contributed by atoms with E-state index in [4.69, 9.17) is 9.15 Å². The Hall–Kier alpha value is -4.46. The van der Waals surface area contributed by atoms with Crippen molar-refractivity contribution in [3.8, 4) is 40.1 Å². The van der Waals surface area contributed by atoms with Crippen molar-refractivity contribution in [2.75, 3.05) is 0 Å². The van der Waals surface area contributed by atoms with Gasteiger partial charge >= 0.3 is 5.97 Å². The molecule has 0 bridgehead atoms. The number of fused-ring (bicyclic) bond motifs is 1. The molecule has 36 heavy (non-hydrogen) atoms. The Labute approximate surface area is 206 Å². The van der Waals surface area contributed by atoms with Gasteiger partial charge in [0.05, 0.1) is 5.92 Å². The van der Waals surface area contributed by atoms with E-state index in [1.165, 1.54) is 18.2 Å². The summed E-state index contributed by atoms with van der Waals surface area (Å²) in [6.07, 6.45) is 0.927. The minimum Gasteiger partial charge on any atom is -0.508 e. The molecule has 1 heterocycles. The van der Waals surface area contributed by atoms with Gasteiger partial charge in [0.25, 0.3) is 0 Å². The fourth-order valence-corrected chi connectivity index (χ4v) is 3.95. The van der Waals surface area contributed by atoms with Crippen LogP contribution in [0.25, 0.3) is 22.3 Å². The molecule has 1 aromatic heterocycles. The monoisotopic (exact) mass is 490 g/mol. The van der Waals surface area contributed by atoms with E-state index in [1.54, 1.807) is 6.92 Å². The maximum absolute atomic E-state index is 12.8. The highest BCUT2D eigenvalue weighted by molar-refractivity contribution is 5.88. The topological polar surface area (TPSA) is 137 Å². The van der Waals surface area contributed by atoms with Crippen molar-refractivity contribution >= 4 is 16.9 Å². The molecular formula is C28H26O8. The molecule has 3 aromatic carbocycles. The quantitative estimate of drug-likeness (QED) is 0.214. The van der Waals surface area contributed by atoms with Gasteiger partial charge in [-0.25, -0.2) is 0 Å². The number of ether oxygens (including phenoxy) is 1. The van der Waals surface area contributed by atoms with Gasteiger partial charge in [-0.05, 0) is 48.6 Å². The normalized spacial score (nSPS) is 12.1. The molecule has 4 rings (SSSR count). The van der Waals surface area contributed by atoms with Gasteiger partial charge < -0.3 is 29.6 Å². The molecule has 0 aliphatic carbocycles. The van der Waals surface area contributed by atoms with Crippen molar-refractivity contribution in [3.05, 3.63) is 75.9 Å². The molecule has 8 heteroatoms. The number of hydrogen-bond acceptors (Lipinski definition) is 8. The van der Waals surface area contributed by atoms with Crippen LogP contribution >= 0.6 is 0 Å². The third-order valence-electron chi connectivity index (χ3n) is 5.85. The van der Waals surface area contributed by atoms with Crippen LogP contribution in [0.1, 0.15) is 37.8 Å². The van der Waals surface area contributed by atoms with Crippen LogP contribution in [0.15, 0.2) is 63.8 Å². The first-order chi connectivity index (χ1) is 17.0. The van der Waals surface area contributed by atoms with Crippen molar-refractivity contribution in [2.45, 2.75) is 33.1 Å². The van der Waals surface area contributed by atoms with Gasteiger partial charge in [-0.2, -0.15) is 0 Å². The lowest BCUT2D eigenvalue weighted by Gasteiger charge is -2.14. The van der Waals surface area contributed by atoms with Crippen molar-refractivity contribution in [1.82, 2.24) is 0 Å². The summed E-state index contributed by atoms with van der Waals surface area (Å²) in [6.45, 7) is 5.95. The van der Waals surface area contributed by atoms with Crippen molar-refractivity contribution < 1.29 is 34.4 Å². The lowest BCUT2D eigenvalue weighted by molar-refractivity contribution is -0.135. The smallest absolute Gasteiger partial charge is 0.318 e. The molecule has 4 N–H and O–H groups in total. The lowest BCUT2D eigenvalue weighted by Crippen LogP contribution is -2.16. The number of carbonyl (C=O) groups excluding carboxylic acids is 1. The molecule has 0 aliphatic rings. The van der Waals surface area contributed by atoms with Gasteiger partial charge in [-0.1, -0.05) is 38.1 Å². The number of phenolic OH excluding ortho intramolecular Hbond substituents is 3. The molecule has 8 nitrogen and oxygen atoms in total. The first-order valence-electron chi connectivity index (χ1n) is 11.4. The molecule has 0 spiro atoms. The number of esters is 1. The SMILES string of the molecule is CC(C)Cc1ccc(C(C)C(=O)Oc2cc(-c3oc4cc(O)cc(O)c4c(=O)c3O)ccc2O)cc1. The van der Waals surface area contributed by atoms with Crippen LogP contribution in [-0.4, -0.2) is 26.4 Å². The number of carbonyl (C=O) groups is 1. The van der Waals surface area contributed by atoms with Gasteiger partial charge in [0.2, 0.25) is 11.2 Å². The second-order valence-corrected chi connectivity index (χ2v) is 9.11. The van der Waals surface area contributed by atoms with Crippen LogP contribution in [0, 0.1) is 5.92 Å². The van der Waals surface area contributed by atoms with Crippen LogP contribution in [0.2, 0.25) is 0 Å². The molecule has 0 fully saturated rings. The molecule has 0 radical (unpaired) electrons. The highest BCUT2D eigenvalue weighted by Gasteiger charge is 2.22. The summed E-state index contributed by atoms with van der Waals surface area (Å²) < 4.78 is 11.0. The Kier molecular flexibility index (Phi) is 6.61. The number of benzene rings is 3. The highest BCUT2D eigenvalue weighted by Crippen LogP contribution is 2.38. The van der Waals surface area contributed by atoms with Gasteiger partial charge in [0, 0.05) is 17.7 Å². The van der Waals surface area contributed by atoms with Crippen molar-refractivity contribution in [2.24, 2.45) is 5.92 Å². The van der Waals surface area contributed by atoms with E-state index in [0.717, 1.165) is 29.7 Å². The zero-order valence-corrected chi connectivity index (χ0v) is 20.0. The average molecular weight is 491 g/mol. The number of aromatic hydroxyl groups is 4. The summed E-state index contributed by atoms with van der Waals surface area (Å²) in [6, 6.07) is 13.6. The van der Waals surface area contributed by atoms with Crippen LogP contribution in [-0.2, 0) is 11.2 Å². The molecule has 4 aromatic rings. The Morgan fingerprint density at radius 2 is 1.61 bits per heavy atom. The summed E-state index contributed by atoms with van der Waals surface area (Å²) in [7, 11) is 0. The van der Waals surface area contributed by atoms with Gasteiger partial charge in [-0.3, -0.25) is 9.59 Å². The molecule has 1 atom stereocenters. The standard InChI is InChI=1S/C28H26O8/c1-14(2)10-16-4-6-17(7-5-16)15(3)28(34)36-22-11-18(8-9-20(22)30)27-26(33)25(32)24-21(31)12-19(29)13-23(24)35-27/h4-9,11-15,29-31,33H,10H2,1-3H3. The highest BCUT2D eigenvalue weighted by atomic mass is 16.5. The van der Waals surface area contributed by atoms with E-state index < -0.39 is 28.8 Å². The van der Waals surface area contributed by atoms with E-state index in [-0.39, 0.29) is 39.5 Å². The first kappa shape index (κ1) is 24.7. The molecule has 1 unspecified atom stereocenters. The maximum Gasteiger partial charge on any atom is 0.318 e. The van der Waals surface area contributed by atoms with E-state index in [0.29, 0.717) is 5.92 Å². The first-order valence-corrected chi connectivity index (χ1v) is 11.4. The summed E-state index contributed by atoms with van der Waals surface area (Å²) in [5.74, 6) is -3.22. The maximum atomic E-state index is 12.8. The molecule has 0 saturated carbocycles. The molecule has 186 valence electrons. The zero-order chi connectivity index (χ0) is 26.1. The Morgan fingerprint density at radius 1 is 0.917 bits per heavy atom. The fraction of sp³-hybridized carbons (Fsp3) is 0.214. The van der Waals surface area contributed by atoms with E-state index in [2.05, 4.69) is 13.8 Å². The summed E-state index contributed by atoms with van der Waals surface area (Å²) in [5.41, 5.74) is 0.968. The lowest BCUT2D eigenvalue weighted by atomic mass is 9.97. The second kappa shape index (κ2) is 9.65. The van der Waals surface area contributed by atoms with Gasteiger partial charge in [0.15, 0.2) is 17.3 Å². The minimum absolute atomic E-state index is 0.126. The Bertz CT molecular complexity index is 1500. The minimum atomic E-state index is -0.912. The second-order valence-electron chi connectivity index (χ2n) is 9.11. The number of rotatable bonds is 6. The van der Waals surface area contributed by atoms with Crippen LogP contribution in [0.3, 0.4) is 0 Å². The predicted octanol–water partition coefficient (Wildman–Crippen LogP) is 5.19. The third kappa shape index (κ3) is 4.84. The molecule has 0 saturated heterocycles. The Balaban J connectivity index is 1.64. The molecule has 0 amide bonds. The van der Waals surface area contributed by atoms with Crippen molar-refractivity contribution in [3.63, 3.8) is 0 Å². The van der Waals surface area contributed by atoms with E-state index in [9.17, 15) is 30.0 Å². The average Bonchev–Trinajstić information content (AvgIpc) is 2.82. The zero-order valence-electron chi connectivity index (χ0n) is 20.0. The number of hydrogen-bond donors (Lipinski definition) is 4. The van der Waals surface area contributed by atoms with E-state index >= 15 is 0 Å². The van der Waals surface area contributed by atoms with Crippen LogP contribution < -0.4 is 10.2 Å². The summed E-state index contributed by atoms with van der Waals surface area (Å²) in [5, 5.41) is 40.1.